The highest BCUT2D eigenvalue weighted by Gasteiger charge is 2.33. The molecule has 2 aromatic rings. The van der Waals surface area contributed by atoms with E-state index in [4.69, 9.17) is 4.74 Å². The Morgan fingerprint density at radius 1 is 1.21 bits per heavy atom. The van der Waals surface area contributed by atoms with E-state index >= 15 is 0 Å². The molecular formula is C20H17F3N4O2. The Kier molecular flexibility index (Phi) is 4.65. The van der Waals surface area contributed by atoms with Gasteiger partial charge in [0.1, 0.15) is 6.17 Å². The third kappa shape index (κ3) is 3.89. The van der Waals surface area contributed by atoms with E-state index in [1.54, 1.807) is 35.5 Å². The number of carbonyl (C=O) groups is 1. The van der Waals surface area contributed by atoms with Crippen molar-refractivity contribution in [3.63, 3.8) is 0 Å². The molecule has 0 fully saturated rings. The first-order valence-corrected chi connectivity index (χ1v) is 8.88. The number of ether oxygens (including phenoxy) is 1. The third-order valence-corrected chi connectivity index (χ3v) is 4.53. The van der Waals surface area contributed by atoms with Crippen LogP contribution in [0.15, 0.2) is 65.7 Å². The molecule has 0 spiro atoms. The number of carbonyl (C=O) groups excluding carboxylic acids is 1. The topological polar surface area (TPSA) is 66.0 Å². The van der Waals surface area contributed by atoms with Crippen LogP contribution < -0.4 is 10.6 Å². The quantitative estimate of drug-likeness (QED) is 0.820. The number of rotatable bonds is 4. The van der Waals surface area contributed by atoms with Gasteiger partial charge in [0, 0.05) is 11.3 Å². The SMILES string of the molecule is CC1NC=C2OC(c3ccc(NC(=O)Cc4ccccc4C(F)(F)F)cc3)=NN21. The van der Waals surface area contributed by atoms with Crippen molar-refractivity contribution in [1.82, 2.24) is 10.3 Å². The molecule has 2 aliphatic heterocycles. The molecule has 0 aromatic heterocycles. The molecular weight excluding hydrogens is 385 g/mol. The second-order valence-corrected chi connectivity index (χ2v) is 6.63. The smallest absolute Gasteiger partial charge is 0.416 e. The third-order valence-electron chi connectivity index (χ3n) is 4.53. The Hall–Kier alpha value is -3.49. The van der Waals surface area contributed by atoms with Crippen LogP contribution in [0.5, 0.6) is 0 Å². The molecule has 2 aliphatic rings. The predicted octanol–water partition coefficient (Wildman–Crippen LogP) is 3.63. The molecule has 0 radical (unpaired) electrons. The number of hydrogen-bond acceptors (Lipinski definition) is 5. The van der Waals surface area contributed by atoms with Crippen molar-refractivity contribution < 1.29 is 22.7 Å². The molecule has 4 rings (SSSR count). The second kappa shape index (κ2) is 7.16. The number of nitrogens with zero attached hydrogens (tertiary/aromatic N) is 2. The van der Waals surface area contributed by atoms with E-state index in [-0.39, 0.29) is 18.2 Å². The van der Waals surface area contributed by atoms with E-state index < -0.39 is 17.6 Å². The second-order valence-electron chi connectivity index (χ2n) is 6.63. The van der Waals surface area contributed by atoms with Gasteiger partial charge in [-0.1, -0.05) is 18.2 Å². The van der Waals surface area contributed by atoms with Crippen molar-refractivity contribution in [1.29, 1.82) is 0 Å². The zero-order valence-corrected chi connectivity index (χ0v) is 15.3. The fourth-order valence-corrected chi connectivity index (χ4v) is 3.09. The largest absolute Gasteiger partial charge is 0.417 e. The summed E-state index contributed by atoms with van der Waals surface area (Å²) in [5, 5.41) is 11.8. The average Bonchev–Trinajstić information content (AvgIpc) is 3.24. The fourth-order valence-electron chi connectivity index (χ4n) is 3.09. The standard InChI is InChI=1S/C20H17F3N4O2/c1-12-24-11-18-27(12)26-19(29-18)13-6-8-15(9-7-13)25-17(28)10-14-4-2-3-5-16(14)20(21,22)23/h2-9,11-12,24H,10H2,1H3,(H,25,28). The van der Waals surface area contributed by atoms with Crippen LogP contribution in [-0.4, -0.2) is 23.0 Å². The van der Waals surface area contributed by atoms with Crippen molar-refractivity contribution >= 4 is 17.5 Å². The zero-order chi connectivity index (χ0) is 20.6. The van der Waals surface area contributed by atoms with E-state index in [0.29, 0.717) is 23.0 Å². The Morgan fingerprint density at radius 2 is 1.93 bits per heavy atom. The summed E-state index contributed by atoms with van der Waals surface area (Å²) in [6.45, 7) is 1.94. The highest BCUT2D eigenvalue weighted by Crippen LogP contribution is 2.32. The number of benzene rings is 2. The minimum Gasteiger partial charge on any atom is -0.417 e. The molecule has 150 valence electrons. The number of hydrazone groups is 1. The summed E-state index contributed by atoms with van der Waals surface area (Å²) in [7, 11) is 0. The van der Waals surface area contributed by atoms with E-state index in [1.807, 2.05) is 6.92 Å². The first-order valence-electron chi connectivity index (χ1n) is 8.88. The summed E-state index contributed by atoms with van der Waals surface area (Å²) in [6.07, 6.45) is -3.15. The Morgan fingerprint density at radius 3 is 2.62 bits per heavy atom. The van der Waals surface area contributed by atoms with Crippen LogP contribution in [-0.2, 0) is 22.1 Å². The molecule has 9 heteroatoms. The number of halogens is 3. The molecule has 0 bridgehead atoms. The number of anilines is 1. The summed E-state index contributed by atoms with van der Waals surface area (Å²) < 4.78 is 44.9. The Balaban J connectivity index is 1.42. The maximum atomic E-state index is 13.1. The van der Waals surface area contributed by atoms with Crippen LogP contribution in [0.25, 0.3) is 0 Å². The molecule has 0 saturated carbocycles. The summed E-state index contributed by atoms with van der Waals surface area (Å²) >= 11 is 0. The molecule has 2 N–H and O–H groups in total. The normalized spacial score (nSPS) is 17.8. The van der Waals surface area contributed by atoms with Crippen molar-refractivity contribution in [3.8, 4) is 0 Å². The molecule has 6 nitrogen and oxygen atoms in total. The van der Waals surface area contributed by atoms with Crippen molar-refractivity contribution in [2.45, 2.75) is 25.7 Å². The van der Waals surface area contributed by atoms with Crippen molar-refractivity contribution in [3.05, 3.63) is 77.3 Å². The van der Waals surface area contributed by atoms with Gasteiger partial charge in [-0.3, -0.25) is 4.79 Å². The number of hydrogen-bond donors (Lipinski definition) is 2. The van der Waals surface area contributed by atoms with Gasteiger partial charge in [0.25, 0.3) is 0 Å². The lowest BCUT2D eigenvalue weighted by atomic mass is 10.0. The average molecular weight is 402 g/mol. The van der Waals surface area contributed by atoms with E-state index in [2.05, 4.69) is 15.7 Å². The monoisotopic (exact) mass is 402 g/mol. The molecule has 2 aromatic carbocycles. The Labute approximate surface area is 164 Å². The molecule has 29 heavy (non-hydrogen) atoms. The van der Waals surface area contributed by atoms with E-state index in [1.165, 1.54) is 18.2 Å². The van der Waals surface area contributed by atoms with Crippen LogP contribution in [0, 0.1) is 0 Å². The van der Waals surface area contributed by atoms with Gasteiger partial charge in [0.05, 0.1) is 18.2 Å². The van der Waals surface area contributed by atoms with Gasteiger partial charge in [-0.25, -0.2) is 5.01 Å². The molecule has 1 amide bonds. The van der Waals surface area contributed by atoms with E-state index in [9.17, 15) is 18.0 Å². The highest BCUT2D eigenvalue weighted by molar-refractivity contribution is 5.97. The zero-order valence-electron chi connectivity index (χ0n) is 15.3. The summed E-state index contributed by atoms with van der Waals surface area (Å²) in [5.74, 6) is 0.504. The Bertz CT molecular complexity index is 1000. The number of nitrogens with one attached hydrogen (secondary N) is 2. The maximum Gasteiger partial charge on any atom is 0.416 e. The molecule has 1 atom stereocenters. The number of fused-ring (bicyclic) bond motifs is 1. The summed E-state index contributed by atoms with van der Waals surface area (Å²) in [4.78, 5) is 12.2. The van der Waals surface area contributed by atoms with Gasteiger partial charge >= 0.3 is 6.18 Å². The first-order chi connectivity index (χ1) is 13.8. The minimum absolute atomic E-state index is 0.000590. The lowest BCUT2D eigenvalue weighted by Crippen LogP contribution is -2.28. The fraction of sp³-hybridized carbons (Fsp3) is 0.200. The van der Waals surface area contributed by atoms with Crippen molar-refractivity contribution in [2.24, 2.45) is 5.10 Å². The van der Waals surface area contributed by atoms with Gasteiger partial charge in [0.15, 0.2) is 0 Å². The lowest BCUT2D eigenvalue weighted by molar-refractivity contribution is -0.138. The lowest BCUT2D eigenvalue weighted by Gasteiger charge is -2.12. The van der Waals surface area contributed by atoms with Gasteiger partial charge in [0.2, 0.25) is 17.7 Å². The van der Waals surface area contributed by atoms with Crippen LogP contribution in [0.4, 0.5) is 18.9 Å². The van der Waals surface area contributed by atoms with Crippen LogP contribution in [0.2, 0.25) is 0 Å². The van der Waals surface area contributed by atoms with Gasteiger partial charge in [-0.2, -0.15) is 13.2 Å². The summed E-state index contributed by atoms with van der Waals surface area (Å²) in [5.41, 5.74) is 0.310. The molecule has 0 aliphatic carbocycles. The van der Waals surface area contributed by atoms with Crippen LogP contribution in [0.3, 0.4) is 0 Å². The van der Waals surface area contributed by atoms with Crippen LogP contribution >= 0.6 is 0 Å². The molecule has 1 unspecified atom stereocenters. The molecule has 2 heterocycles. The maximum absolute atomic E-state index is 13.1. The molecule has 0 saturated heterocycles. The number of alkyl halides is 3. The van der Waals surface area contributed by atoms with Crippen LogP contribution in [0.1, 0.15) is 23.6 Å². The van der Waals surface area contributed by atoms with Gasteiger partial charge in [-0.15, -0.1) is 5.10 Å². The summed E-state index contributed by atoms with van der Waals surface area (Å²) in [6, 6.07) is 11.8. The van der Waals surface area contributed by atoms with Gasteiger partial charge in [-0.05, 0) is 42.8 Å². The minimum atomic E-state index is -4.50. The predicted molar refractivity (Wildman–Crippen MR) is 100 cm³/mol. The number of amides is 1. The highest BCUT2D eigenvalue weighted by atomic mass is 19.4. The first kappa shape index (κ1) is 18.9. The van der Waals surface area contributed by atoms with Gasteiger partial charge < -0.3 is 15.4 Å². The van der Waals surface area contributed by atoms with E-state index in [0.717, 1.165) is 6.07 Å². The van der Waals surface area contributed by atoms with Crippen molar-refractivity contribution in [2.75, 3.05) is 5.32 Å².